The molecular formula is C25H32FN3O3. The number of aliphatic hydroxyl groups is 1. The average Bonchev–Trinajstić information content (AvgIpc) is 2.78. The van der Waals surface area contributed by atoms with Crippen molar-refractivity contribution in [2.75, 3.05) is 26.7 Å². The number of hydrogen-bond donors (Lipinski definition) is 1. The Morgan fingerprint density at radius 2 is 2.16 bits per heavy atom. The van der Waals surface area contributed by atoms with E-state index >= 15 is 0 Å². The molecule has 32 heavy (non-hydrogen) atoms. The van der Waals surface area contributed by atoms with E-state index in [4.69, 9.17) is 4.74 Å². The minimum atomic E-state index is -0.335. The highest BCUT2D eigenvalue weighted by atomic mass is 19.1. The van der Waals surface area contributed by atoms with E-state index in [9.17, 15) is 14.3 Å². The maximum atomic E-state index is 14.1. The van der Waals surface area contributed by atoms with Crippen molar-refractivity contribution < 1.29 is 19.0 Å². The lowest BCUT2D eigenvalue weighted by molar-refractivity contribution is 0.0324. The predicted octanol–water partition coefficient (Wildman–Crippen LogP) is 3.61. The molecule has 0 radical (unpaired) electrons. The number of pyridine rings is 1. The Kier molecular flexibility index (Phi) is 7.99. The summed E-state index contributed by atoms with van der Waals surface area (Å²) in [5.41, 5.74) is 1.81. The first-order valence-corrected chi connectivity index (χ1v) is 11.0. The molecule has 3 atom stereocenters. The molecule has 7 heteroatoms. The van der Waals surface area contributed by atoms with E-state index in [0.717, 1.165) is 5.56 Å². The van der Waals surface area contributed by atoms with E-state index < -0.39 is 0 Å². The highest BCUT2D eigenvalue weighted by Crippen LogP contribution is 2.28. The van der Waals surface area contributed by atoms with Gasteiger partial charge < -0.3 is 14.7 Å². The van der Waals surface area contributed by atoms with Gasteiger partial charge in [0.25, 0.3) is 5.91 Å². The molecule has 1 N–H and O–H groups in total. The van der Waals surface area contributed by atoms with Crippen molar-refractivity contribution >= 4 is 12.0 Å². The Balaban J connectivity index is 1.90. The normalized spacial score (nSPS) is 20.1. The van der Waals surface area contributed by atoms with Crippen molar-refractivity contribution in [3.05, 3.63) is 65.1 Å². The molecule has 6 nitrogen and oxygen atoms in total. The Bertz CT molecular complexity index is 965. The number of nitrogens with zero attached hydrogens (tertiary/aromatic N) is 3. The van der Waals surface area contributed by atoms with Gasteiger partial charge in [0.2, 0.25) is 5.88 Å². The van der Waals surface area contributed by atoms with Crippen LogP contribution in [0.2, 0.25) is 0 Å². The van der Waals surface area contributed by atoms with Gasteiger partial charge in [-0.25, -0.2) is 9.37 Å². The summed E-state index contributed by atoms with van der Waals surface area (Å²) in [6.07, 6.45) is 5.17. The van der Waals surface area contributed by atoms with Crippen LogP contribution in [0, 0.1) is 11.7 Å². The van der Waals surface area contributed by atoms with Gasteiger partial charge in [0.1, 0.15) is 17.5 Å². The Hall–Kier alpha value is -2.77. The summed E-state index contributed by atoms with van der Waals surface area (Å²) in [5.74, 6) is -0.177. The van der Waals surface area contributed by atoms with Crippen LogP contribution in [0.1, 0.15) is 42.3 Å². The van der Waals surface area contributed by atoms with Gasteiger partial charge in [-0.15, -0.1) is 0 Å². The molecule has 0 spiro atoms. The summed E-state index contributed by atoms with van der Waals surface area (Å²) in [6, 6.07) is 8.18. The van der Waals surface area contributed by atoms with Crippen molar-refractivity contribution in [3.63, 3.8) is 0 Å². The topological polar surface area (TPSA) is 65.9 Å². The third-order valence-electron chi connectivity index (χ3n) is 5.79. The first-order valence-electron chi connectivity index (χ1n) is 11.0. The van der Waals surface area contributed by atoms with Gasteiger partial charge >= 0.3 is 0 Å². The SMILES string of the molecule is C/C=C/c1cnc2c(c1)C(=O)N([C@H](C)CO)C[C@H](C)[C@@H](CN(C)Cc1ccccc1F)O2. The Morgan fingerprint density at radius 1 is 1.41 bits per heavy atom. The van der Waals surface area contributed by atoms with E-state index in [1.165, 1.54) is 6.07 Å². The quantitative estimate of drug-likeness (QED) is 0.711. The fourth-order valence-electron chi connectivity index (χ4n) is 3.91. The molecule has 172 valence electrons. The first-order chi connectivity index (χ1) is 15.3. The molecule has 1 aliphatic heterocycles. The Morgan fingerprint density at radius 3 is 2.84 bits per heavy atom. The molecule has 1 aliphatic rings. The smallest absolute Gasteiger partial charge is 0.259 e. The second kappa shape index (κ2) is 10.7. The molecule has 0 unspecified atom stereocenters. The summed E-state index contributed by atoms with van der Waals surface area (Å²) >= 11 is 0. The van der Waals surface area contributed by atoms with Crippen LogP contribution >= 0.6 is 0 Å². The summed E-state index contributed by atoms with van der Waals surface area (Å²) in [4.78, 5) is 21.5. The van der Waals surface area contributed by atoms with Crippen LogP contribution < -0.4 is 4.74 Å². The van der Waals surface area contributed by atoms with Crippen LogP contribution in [0.3, 0.4) is 0 Å². The van der Waals surface area contributed by atoms with Crippen molar-refractivity contribution in [3.8, 4) is 5.88 Å². The third-order valence-corrected chi connectivity index (χ3v) is 5.79. The molecule has 2 aromatic rings. The number of allylic oxidation sites excluding steroid dienone is 1. The number of benzene rings is 1. The summed E-state index contributed by atoms with van der Waals surface area (Å²) < 4.78 is 20.4. The fourth-order valence-corrected chi connectivity index (χ4v) is 3.91. The zero-order valence-corrected chi connectivity index (χ0v) is 19.2. The minimum absolute atomic E-state index is 0.0267. The second-order valence-electron chi connectivity index (χ2n) is 8.53. The van der Waals surface area contributed by atoms with Crippen LogP contribution in [0.5, 0.6) is 5.88 Å². The van der Waals surface area contributed by atoms with Crippen LogP contribution in [-0.2, 0) is 6.54 Å². The molecule has 0 bridgehead atoms. The van der Waals surface area contributed by atoms with Gasteiger partial charge in [-0.3, -0.25) is 9.69 Å². The fraction of sp³-hybridized carbons (Fsp3) is 0.440. The van der Waals surface area contributed by atoms with Crippen LogP contribution in [0.25, 0.3) is 6.08 Å². The number of halogens is 1. The lowest BCUT2D eigenvalue weighted by atomic mass is 9.99. The van der Waals surface area contributed by atoms with Gasteiger partial charge in [0.15, 0.2) is 0 Å². The predicted molar refractivity (Wildman–Crippen MR) is 123 cm³/mol. The van der Waals surface area contributed by atoms with E-state index in [1.807, 2.05) is 50.9 Å². The number of likely N-dealkylation sites (N-methyl/N-ethyl adjacent to an activating group) is 1. The van der Waals surface area contributed by atoms with E-state index in [0.29, 0.717) is 30.8 Å². The lowest BCUT2D eigenvalue weighted by Crippen LogP contribution is -2.49. The summed E-state index contributed by atoms with van der Waals surface area (Å²) in [5, 5.41) is 9.75. The first kappa shape index (κ1) is 23.9. The largest absolute Gasteiger partial charge is 0.472 e. The number of fused-ring (bicyclic) bond motifs is 1. The zero-order valence-electron chi connectivity index (χ0n) is 19.2. The van der Waals surface area contributed by atoms with E-state index in [2.05, 4.69) is 4.98 Å². The van der Waals surface area contributed by atoms with Gasteiger partial charge in [0, 0.05) is 37.3 Å². The maximum absolute atomic E-state index is 14.1. The number of carbonyl (C=O) groups is 1. The molecular weight excluding hydrogens is 409 g/mol. The number of hydrogen-bond acceptors (Lipinski definition) is 5. The minimum Gasteiger partial charge on any atom is -0.472 e. The zero-order chi connectivity index (χ0) is 23.3. The molecule has 0 aliphatic carbocycles. The van der Waals surface area contributed by atoms with Crippen LogP contribution in [0.15, 0.2) is 42.6 Å². The van der Waals surface area contributed by atoms with Gasteiger partial charge in [-0.2, -0.15) is 0 Å². The standard InChI is InChI=1S/C25H32FN3O3/c1-5-8-19-11-21-24(27-12-19)32-23(17(2)13-29(25(21)31)18(3)16-30)15-28(4)14-20-9-6-7-10-22(20)26/h5-12,17-18,23,30H,13-16H2,1-4H3/b8-5+/t17-,18+,23+/m0/s1. The number of amides is 1. The number of rotatable bonds is 7. The molecule has 2 heterocycles. The molecule has 0 saturated heterocycles. The van der Waals surface area contributed by atoms with Crippen LogP contribution in [-0.4, -0.2) is 64.7 Å². The Labute approximate surface area is 189 Å². The van der Waals surface area contributed by atoms with Crippen molar-refractivity contribution in [1.29, 1.82) is 0 Å². The number of aromatic nitrogens is 1. The molecule has 0 saturated carbocycles. The number of aliphatic hydroxyl groups excluding tert-OH is 1. The highest BCUT2D eigenvalue weighted by Gasteiger charge is 2.34. The van der Waals surface area contributed by atoms with Gasteiger partial charge in [-0.1, -0.05) is 37.3 Å². The average molecular weight is 442 g/mol. The molecule has 0 fully saturated rings. The lowest BCUT2D eigenvalue weighted by Gasteiger charge is -2.37. The third kappa shape index (κ3) is 5.53. The number of carbonyl (C=O) groups excluding carboxylic acids is 1. The van der Waals surface area contributed by atoms with Gasteiger partial charge in [0.05, 0.1) is 12.6 Å². The maximum Gasteiger partial charge on any atom is 0.259 e. The summed E-state index contributed by atoms with van der Waals surface area (Å²) in [7, 11) is 1.92. The van der Waals surface area contributed by atoms with Crippen molar-refractivity contribution in [2.24, 2.45) is 5.92 Å². The van der Waals surface area contributed by atoms with Crippen molar-refractivity contribution in [2.45, 2.75) is 39.5 Å². The van der Waals surface area contributed by atoms with Crippen LogP contribution in [0.4, 0.5) is 4.39 Å². The van der Waals surface area contributed by atoms with E-state index in [-0.39, 0.29) is 42.3 Å². The monoisotopic (exact) mass is 441 g/mol. The second-order valence-corrected chi connectivity index (χ2v) is 8.53. The molecule has 1 aromatic heterocycles. The van der Waals surface area contributed by atoms with E-state index in [1.54, 1.807) is 29.3 Å². The summed E-state index contributed by atoms with van der Waals surface area (Å²) in [6.45, 7) is 7.03. The van der Waals surface area contributed by atoms with Gasteiger partial charge in [-0.05, 0) is 38.6 Å². The molecule has 1 amide bonds. The number of ether oxygens (including phenoxy) is 1. The van der Waals surface area contributed by atoms with Crippen molar-refractivity contribution in [1.82, 2.24) is 14.8 Å². The molecule has 1 aromatic carbocycles. The molecule has 3 rings (SSSR count). The highest BCUT2D eigenvalue weighted by molar-refractivity contribution is 5.97.